The van der Waals surface area contributed by atoms with E-state index in [0.717, 1.165) is 24.3 Å². The van der Waals surface area contributed by atoms with Gasteiger partial charge in [0.2, 0.25) is 0 Å². The predicted octanol–water partition coefficient (Wildman–Crippen LogP) is 2.36. The number of unbranched alkanes of at least 4 members (excludes halogenated alkanes) is 3. The van der Waals surface area contributed by atoms with Gasteiger partial charge in [0.05, 0.1) is 12.7 Å². The number of aliphatic hydroxyl groups is 1. The smallest absolute Gasteiger partial charge is 0.119 e. The number of aliphatic hydroxyl groups excluding tert-OH is 1. The van der Waals surface area contributed by atoms with Gasteiger partial charge in [-0.3, -0.25) is 0 Å². The Morgan fingerprint density at radius 3 is 2.45 bits per heavy atom. The summed E-state index contributed by atoms with van der Waals surface area (Å²) in [5.74, 6) is 0.838. The monoisotopic (exact) mass is 280 g/mol. The molecule has 1 aromatic carbocycles. The molecular weight excluding hydrogens is 252 g/mol. The lowest BCUT2D eigenvalue weighted by molar-refractivity contribution is 0.143. The van der Waals surface area contributed by atoms with Crippen LogP contribution in [0.5, 0.6) is 5.75 Å². The van der Waals surface area contributed by atoms with E-state index in [9.17, 15) is 5.11 Å². The van der Waals surface area contributed by atoms with Crippen LogP contribution in [-0.2, 0) is 0 Å². The van der Waals surface area contributed by atoms with Crippen molar-refractivity contribution in [1.29, 1.82) is 0 Å². The molecule has 2 atom stereocenters. The third-order valence-electron chi connectivity index (χ3n) is 3.39. The summed E-state index contributed by atoms with van der Waals surface area (Å²) in [6, 6.07) is 7.17. The second kappa shape index (κ2) is 9.75. The highest BCUT2D eigenvalue weighted by Crippen LogP contribution is 2.21. The van der Waals surface area contributed by atoms with Crippen molar-refractivity contribution in [3.8, 4) is 5.75 Å². The van der Waals surface area contributed by atoms with Crippen molar-refractivity contribution in [2.24, 2.45) is 11.5 Å². The fourth-order valence-electron chi connectivity index (χ4n) is 2.08. The van der Waals surface area contributed by atoms with Crippen molar-refractivity contribution in [3.63, 3.8) is 0 Å². The second-order valence-corrected chi connectivity index (χ2v) is 5.16. The van der Waals surface area contributed by atoms with Crippen LogP contribution in [0.15, 0.2) is 24.3 Å². The zero-order valence-corrected chi connectivity index (χ0v) is 12.4. The standard InChI is InChI=1S/C16H28N2O2/c1-2-3-4-5-12-20-14-8-6-13(7-9-14)16(19)15(18)10-11-17/h6-9,15-16,19H,2-5,10-12,17-18H2,1H3. The van der Waals surface area contributed by atoms with Crippen LogP contribution >= 0.6 is 0 Å². The Morgan fingerprint density at radius 1 is 1.15 bits per heavy atom. The molecule has 1 aromatic rings. The number of hydrogen-bond donors (Lipinski definition) is 3. The van der Waals surface area contributed by atoms with Crippen LogP contribution in [0.25, 0.3) is 0 Å². The van der Waals surface area contributed by atoms with Crippen LogP contribution in [0.1, 0.15) is 50.7 Å². The van der Waals surface area contributed by atoms with Gasteiger partial charge in [-0.2, -0.15) is 0 Å². The molecule has 2 unspecified atom stereocenters. The topological polar surface area (TPSA) is 81.5 Å². The predicted molar refractivity (Wildman–Crippen MR) is 82.7 cm³/mol. The van der Waals surface area contributed by atoms with Crippen molar-refractivity contribution < 1.29 is 9.84 Å². The summed E-state index contributed by atoms with van der Waals surface area (Å²) in [5.41, 5.74) is 12.1. The molecule has 0 aliphatic heterocycles. The average molecular weight is 280 g/mol. The second-order valence-electron chi connectivity index (χ2n) is 5.16. The first kappa shape index (κ1) is 17.0. The fraction of sp³-hybridized carbons (Fsp3) is 0.625. The van der Waals surface area contributed by atoms with Gasteiger partial charge >= 0.3 is 0 Å². The number of ether oxygens (including phenoxy) is 1. The average Bonchev–Trinajstić information content (AvgIpc) is 2.47. The third-order valence-corrected chi connectivity index (χ3v) is 3.39. The van der Waals surface area contributed by atoms with Crippen molar-refractivity contribution >= 4 is 0 Å². The van der Waals surface area contributed by atoms with Gasteiger partial charge in [-0.15, -0.1) is 0 Å². The molecule has 0 aliphatic rings. The molecule has 0 fully saturated rings. The summed E-state index contributed by atoms with van der Waals surface area (Å²) in [6.07, 6.45) is 4.72. The molecule has 0 saturated heterocycles. The van der Waals surface area contributed by atoms with E-state index in [1.54, 1.807) is 0 Å². The zero-order chi connectivity index (χ0) is 14.8. The Balaban J connectivity index is 2.39. The molecule has 0 saturated carbocycles. The molecule has 5 N–H and O–H groups in total. The normalized spacial score (nSPS) is 14.0. The van der Waals surface area contributed by atoms with Gasteiger partial charge in [0, 0.05) is 6.04 Å². The summed E-state index contributed by atoms with van der Waals surface area (Å²) < 4.78 is 5.66. The molecular formula is C16H28N2O2. The quantitative estimate of drug-likeness (QED) is 0.575. The number of rotatable bonds is 10. The first-order valence-electron chi connectivity index (χ1n) is 7.55. The van der Waals surface area contributed by atoms with E-state index >= 15 is 0 Å². The largest absolute Gasteiger partial charge is 0.494 e. The molecule has 4 nitrogen and oxygen atoms in total. The molecule has 0 spiro atoms. The zero-order valence-electron chi connectivity index (χ0n) is 12.4. The molecule has 114 valence electrons. The van der Waals surface area contributed by atoms with Gasteiger partial charge in [0.25, 0.3) is 0 Å². The van der Waals surface area contributed by atoms with E-state index in [0.29, 0.717) is 13.0 Å². The Bertz CT molecular complexity index is 354. The molecule has 0 heterocycles. The van der Waals surface area contributed by atoms with Gasteiger partial charge < -0.3 is 21.3 Å². The van der Waals surface area contributed by atoms with Gasteiger partial charge in [-0.25, -0.2) is 0 Å². The highest BCUT2D eigenvalue weighted by molar-refractivity contribution is 5.29. The molecule has 0 aliphatic carbocycles. The lowest BCUT2D eigenvalue weighted by Crippen LogP contribution is -2.30. The van der Waals surface area contributed by atoms with Gasteiger partial charge in [0.15, 0.2) is 0 Å². The van der Waals surface area contributed by atoms with E-state index in [2.05, 4.69) is 6.92 Å². The molecule has 0 bridgehead atoms. The van der Waals surface area contributed by atoms with Gasteiger partial charge in [-0.05, 0) is 37.1 Å². The molecule has 0 amide bonds. The van der Waals surface area contributed by atoms with Crippen LogP contribution in [0.3, 0.4) is 0 Å². The molecule has 4 heteroatoms. The van der Waals surface area contributed by atoms with E-state index in [1.165, 1.54) is 19.3 Å². The highest BCUT2D eigenvalue weighted by Gasteiger charge is 2.15. The lowest BCUT2D eigenvalue weighted by atomic mass is 10.0. The first-order chi connectivity index (χ1) is 9.69. The number of nitrogens with two attached hydrogens (primary N) is 2. The van der Waals surface area contributed by atoms with Crippen molar-refractivity contribution in [3.05, 3.63) is 29.8 Å². The van der Waals surface area contributed by atoms with Crippen molar-refractivity contribution in [1.82, 2.24) is 0 Å². The summed E-state index contributed by atoms with van der Waals surface area (Å²) in [6.45, 7) is 3.42. The molecule has 0 radical (unpaired) electrons. The maximum absolute atomic E-state index is 10.1. The SMILES string of the molecule is CCCCCCOc1ccc(C(O)C(N)CCN)cc1. The third kappa shape index (κ3) is 5.90. The summed E-state index contributed by atoms with van der Waals surface area (Å²) in [5, 5.41) is 10.1. The lowest BCUT2D eigenvalue weighted by Gasteiger charge is -2.18. The molecule has 20 heavy (non-hydrogen) atoms. The van der Waals surface area contributed by atoms with Crippen LogP contribution < -0.4 is 16.2 Å². The van der Waals surface area contributed by atoms with E-state index in [4.69, 9.17) is 16.2 Å². The maximum atomic E-state index is 10.1. The maximum Gasteiger partial charge on any atom is 0.119 e. The van der Waals surface area contributed by atoms with E-state index < -0.39 is 6.10 Å². The summed E-state index contributed by atoms with van der Waals surface area (Å²) in [7, 11) is 0. The first-order valence-corrected chi connectivity index (χ1v) is 7.55. The Hall–Kier alpha value is -1.10. The van der Waals surface area contributed by atoms with Crippen LogP contribution in [0.4, 0.5) is 0 Å². The van der Waals surface area contributed by atoms with Gasteiger partial charge in [-0.1, -0.05) is 38.3 Å². The van der Waals surface area contributed by atoms with Gasteiger partial charge in [0.1, 0.15) is 5.75 Å². The highest BCUT2D eigenvalue weighted by atomic mass is 16.5. The summed E-state index contributed by atoms with van der Waals surface area (Å²) in [4.78, 5) is 0. The molecule has 0 aromatic heterocycles. The Labute approximate surface area is 122 Å². The van der Waals surface area contributed by atoms with Crippen LogP contribution in [-0.4, -0.2) is 24.3 Å². The minimum atomic E-state index is -0.669. The number of hydrogen-bond acceptors (Lipinski definition) is 4. The molecule has 1 rings (SSSR count). The summed E-state index contributed by atoms with van der Waals surface area (Å²) >= 11 is 0. The fourth-order valence-corrected chi connectivity index (χ4v) is 2.08. The van der Waals surface area contributed by atoms with Crippen LogP contribution in [0.2, 0.25) is 0 Å². The van der Waals surface area contributed by atoms with E-state index in [-0.39, 0.29) is 6.04 Å². The Morgan fingerprint density at radius 2 is 1.85 bits per heavy atom. The van der Waals surface area contributed by atoms with Crippen molar-refractivity contribution in [2.45, 2.75) is 51.2 Å². The minimum absolute atomic E-state index is 0.319. The van der Waals surface area contributed by atoms with Crippen molar-refractivity contribution in [2.75, 3.05) is 13.2 Å². The number of benzene rings is 1. The minimum Gasteiger partial charge on any atom is -0.494 e. The van der Waals surface area contributed by atoms with Crippen LogP contribution in [0, 0.1) is 0 Å². The Kier molecular flexibility index (Phi) is 8.26. The van der Waals surface area contributed by atoms with E-state index in [1.807, 2.05) is 24.3 Å².